The molecule has 0 bridgehead atoms. The van der Waals surface area contributed by atoms with Crippen molar-refractivity contribution >= 4 is 40.7 Å². The Morgan fingerprint density at radius 1 is 0.971 bits per heavy atom. The van der Waals surface area contributed by atoms with E-state index in [0.717, 1.165) is 5.56 Å². The number of halogens is 1. The molecule has 0 spiro atoms. The lowest BCUT2D eigenvalue weighted by molar-refractivity contribution is -0.139. The first-order chi connectivity index (χ1) is 16.9. The maximum Gasteiger partial charge on any atom is 0.341 e. The maximum atomic E-state index is 12.6. The van der Waals surface area contributed by atoms with Crippen molar-refractivity contribution in [3.05, 3.63) is 80.9 Å². The van der Waals surface area contributed by atoms with Gasteiger partial charge in [-0.2, -0.15) is 5.10 Å². The van der Waals surface area contributed by atoms with Crippen LogP contribution in [0.25, 0.3) is 0 Å². The highest BCUT2D eigenvalue weighted by molar-refractivity contribution is 14.1. The first-order valence-electron chi connectivity index (χ1n) is 10.3. The van der Waals surface area contributed by atoms with Crippen molar-refractivity contribution in [2.75, 3.05) is 20.8 Å². The first-order valence-corrected chi connectivity index (χ1v) is 11.4. The molecule has 10 heteroatoms. The average Bonchev–Trinajstić information content (AvgIpc) is 2.86. The van der Waals surface area contributed by atoms with Crippen LogP contribution in [0, 0.1) is 3.57 Å². The van der Waals surface area contributed by atoms with E-state index in [1.165, 1.54) is 20.4 Å². The minimum Gasteiger partial charge on any atom is -0.493 e. The zero-order chi connectivity index (χ0) is 25.2. The fraction of sp³-hybridized carbons (Fsp3) is 0.160. The number of methoxy groups -OCH3 is 2. The Morgan fingerprint density at radius 2 is 1.71 bits per heavy atom. The number of amides is 1. The van der Waals surface area contributed by atoms with Gasteiger partial charge in [-0.05, 0) is 64.0 Å². The van der Waals surface area contributed by atoms with Crippen molar-refractivity contribution in [3.63, 3.8) is 0 Å². The summed E-state index contributed by atoms with van der Waals surface area (Å²) >= 11 is 2.00. The number of hydrazone groups is 1. The van der Waals surface area contributed by atoms with E-state index in [-0.39, 0.29) is 0 Å². The van der Waals surface area contributed by atoms with Crippen molar-refractivity contribution in [2.24, 2.45) is 5.10 Å². The predicted octanol–water partition coefficient (Wildman–Crippen LogP) is 4.11. The summed E-state index contributed by atoms with van der Waals surface area (Å²) in [5.74, 6) is 0.0815. The molecule has 0 saturated carbocycles. The largest absolute Gasteiger partial charge is 0.493 e. The van der Waals surface area contributed by atoms with Gasteiger partial charge in [-0.3, -0.25) is 4.79 Å². The number of carbonyl (C=O) groups is 2. The fourth-order valence-electron chi connectivity index (χ4n) is 2.98. The quantitative estimate of drug-likeness (QED) is 0.196. The van der Waals surface area contributed by atoms with Crippen LogP contribution in [-0.2, 0) is 11.4 Å². The van der Waals surface area contributed by atoms with Crippen molar-refractivity contribution in [1.82, 2.24) is 5.43 Å². The lowest BCUT2D eigenvalue weighted by Gasteiger charge is -2.12. The number of carboxylic acid groups (broad SMARTS) is 1. The minimum atomic E-state index is -1.09. The number of nitrogens with zero attached hydrogens (tertiary/aromatic N) is 1. The van der Waals surface area contributed by atoms with Gasteiger partial charge in [0.25, 0.3) is 5.91 Å². The summed E-state index contributed by atoms with van der Waals surface area (Å²) < 4.78 is 22.4. The second kappa shape index (κ2) is 12.6. The number of nitrogens with one attached hydrogen (secondary N) is 1. The molecule has 3 rings (SSSR count). The number of ether oxygens (including phenoxy) is 4. The topological polar surface area (TPSA) is 116 Å². The van der Waals surface area contributed by atoms with E-state index in [1.807, 2.05) is 52.9 Å². The molecule has 1 amide bonds. The van der Waals surface area contributed by atoms with E-state index in [0.29, 0.717) is 44.3 Å². The molecule has 0 saturated heterocycles. The number of hydrogen-bond donors (Lipinski definition) is 2. The van der Waals surface area contributed by atoms with E-state index in [4.69, 9.17) is 24.1 Å². The molecule has 0 heterocycles. The molecule has 9 nitrogen and oxygen atoms in total. The maximum absolute atomic E-state index is 12.6. The van der Waals surface area contributed by atoms with Gasteiger partial charge in [0.1, 0.15) is 6.61 Å². The molecular formula is C25H23IN2O7. The summed E-state index contributed by atoms with van der Waals surface area (Å²) in [5.41, 5.74) is 4.45. The average molecular weight is 590 g/mol. The molecule has 0 aliphatic rings. The summed E-state index contributed by atoms with van der Waals surface area (Å²) in [7, 11) is 2.95. The molecule has 3 aromatic rings. The van der Waals surface area contributed by atoms with Gasteiger partial charge in [-0.15, -0.1) is 0 Å². The van der Waals surface area contributed by atoms with E-state index in [9.17, 15) is 9.59 Å². The van der Waals surface area contributed by atoms with E-state index < -0.39 is 18.5 Å². The second-order valence-electron chi connectivity index (χ2n) is 7.06. The van der Waals surface area contributed by atoms with Gasteiger partial charge in [0.15, 0.2) is 29.6 Å². The van der Waals surface area contributed by atoms with Gasteiger partial charge >= 0.3 is 5.97 Å². The highest BCUT2D eigenvalue weighted by Gasteiger charge is 2.14. The van der Waals surface area contributed by atoms with Crippen LogP contribution in [0.3, 0.4) is 0 Å². The predicted molar refractivity (Wildman–Crippen MR) is 138 cm³/mol. The Balaban J connectivity index is 1.65. The minimum absolute atomic E-state index is 0.318. The van der Waals surface area contributed by atoms with Gasteiger partial charge in [-0.25, -0.2) is 10.2 Å². The van der Waals surface area contributed by atoms with Crippen LogP contribution in [0.15, 0.2) is 65.8 Å². The van der Waals surface area contributed by atoms with Crippen LogP contribution in [0.1, 0.15) is 21.5 Å². The summed E-state index contributed by atoms with van der Waals surface area (Å²) in [6.07, 6.45) is 1.44. The van der Waals surface area contributed by atoms with Crippen LogP contribution in [-0.4, -0.2) is 44.0 Å². The lowest BCUT2D eigenvalue weighted by Crippen LogP contribution is -2.17. The third kappa shape index (κ3) is 7.34. The molecule has 0 aromatic heterocycles. The SMILES string of the molecule is COc1cc(C(=O)N/N=C/c2cc(I)c(OCC(=O)O)c(OC)c2)ccc1OCc1ccccc1. The molecule has 3 aromatic carbocycles. The van der Waals surface area contributed by atoms with Gasteiger partial charge in [0, 0.05) is 5.56 Å². The zero-order valence-electron chi connectivity index (χ0n) is 19.0. The van der Waals surface area contributed by atoms with Crippen LogP contribution in [0.2, 0.25) is 0 Å². The van der Waals surface area contributed by atoms with Crippen LogP contribution >= 0.6 is 22.6 Å². The molecular weight excluding hydrogens is 567 g/mol. The molecule has 0 radical (unpaired) electrons. The zero-order valence-corrected chi connectivity index (χ0v) is 21.1. The number of aliphatic carboxylic acids is 1. The van der Waals surface area contributed by atoms with Gasteiger partial charge in [0.05, 0.1) is 24.0 Å². The molecule has 0 aliphatic carbocycles. The van der Waals surface area contributed by atoms with Crippen LogP contribution in [0.4, 0.5) is 0 Å². The van der Waals surface area contributed by atoms with Crippen LogP contribution in [0.5, 0.6) is 23.0 Å². The molecule has 0 atom stereocenters. The van der Waals surface area contributed by atoms with Crippen molar-refractivity contribution in [1.29, 1.82) is 0 Å². The highest BCUT2D eigenvalue weighted by Crippen LogP contribution is 2.33. The molecule has 0 unspecified atom stereocenters. The molecule has 182 valence electrons. The molecule has 35 heavy (non-hydrogen) atoms. The van der Waals surface area contributed by atoms with Crippen LogP contribution < -0.4 is 24.4 Å². The number of carboxylic acids is 1. The fourth-order valence-corrected chi connectivity index (χ4v) is 3.76. The first kappa shape index (κ1) is 25.8. The summed E-state index contributed by atoms with van der Waals surface area (Å²) in [5, 5.41) is 12.8. The number of carbonyl (C=O) groups excluding carboxylic acids is 1. The summed E-state index contributed by atoms with van der Waals surface area (Å²) in [6, 6.07) is 17.9. The number of hydrogen-bond acceptors (Lipinski definition) is 7. The van der Waals surface area contributed by atoms with Gasteiger partial charge < -0.3 is 24.1 Å². The Morgan fingerprint density at radius 3 is 2.40 bits per heavy atom. The van der Waals surface area contributed by atoms with Crippen molar-refractivity contribution < 1.29 is 33.6 Å². The normalized spacial score (nSPS) is 10.6. The lowest BCUT2D eigenvalue weighted by atomic mass is 10.2. The Labute approximate surface area is 215 Å². The smallest absolute Gasteiger partial charge is 0.341 e. The Kier molecular flexibility index (Phi) is 9.30. The Hall–Kier alpha value is -3.80. The van der Waals surface area contributed by atoms with Gasteiger partial charge in [-0.1, -0.05) is 30.3 Å². The van der Waals surface area contributed by atoms with Crippen molar-refractivity contribution in [3.8, 4) is 23.0 Å². The van der Waals surface area contributed by atoms with E-state index in [1.54, 1.807) is 30.3 Å². The highest BCUT2D eigenvalue weighted by atomic mass is 127. The number of rotatable bonds is 11. The molecule has 0 aliphatic heterocycles. The third-order valence-corrected chi connectivity index (χ3v) is 5.44. The molecule has 2 N–H and O–H groups in total. The van der Waals surface area contributed by atoms with Crippen molar-refractivity contribution in [2.45, 2.75) is 6.61 Å². The monoisotopic (exact) mass is 590 g/mol. The summed E-state index contributed by atoms with van der Waals surface area (Å²) in [4.78, 5) is 23.3. The second-order valence-corrected chi connectivity index (χ2v) is 8.22. The third-order valence-electron chi connectivity index (χ3n) is 4.63. The Bertz CT molecular complexity index is 1220. The summed E-state index contributed by atoms with van der Waals surface area (Å²) in [6.45, 7) is -0.120. The van der Waals surface area contributed by atoms with E-state index >= 15 is 0 Å². The molecule has 0 fully saturated rings. The standard InChI is InChI=1S/C25H23IN2O7/c1-32-21-12-18(8-9-20(21)34-14-16-6-4-3-5-7-16)25(31)28-27-13-17-10-19(26)24(22(11-17)33-2)35-15-23(29)30/h3-13H,14-15H2,1-2H3,(H,28,31)(H,29,30)/b27-13+. The van der Waals surface area contributed by atoms with Gasteiger partial charge in [0.2, 0.25) is 0 Å². The number of benzene rings is 3. The van der Waals surface area contributed by atoms with E-state index in [2.05, 4.69) is 10.5 Å².